The van der Waals surface area contributed by atoms with Gasteiger partial charge in [0, 0.05) is 7.11 Å². The van der Waals surface area contributed by atoms with E-state index in [2.05, 4.69) is 6.07 Å². The van der Waals surface area contributed by atoms with Gasteiger partial charge in [-0.2, -0.15) is 5.26 Å². The lowest BCUT2D eigenvalue weighted by molar-refractivity contribution is 0.119. The van der Waals surface area contributed by atoms with Gasteiger partial charge in [0.1, 0.15) is 0 Å². The van der Waals surface area contributed by atoms with Crippen molar-refractivity contribution >= 4 is 0 Å². The molecule has 13 heavy (non-hydrogen) atoms. The number of methoxy groups -OCH3 is 1. The molecular formula is C11H13NO. The molecule has 2 nitrogen and oxygen atoms in total. The lowest BCUT2D eigenvalue weighted by Gasteiger charge is -2.08. The Kier molecular flexibility index (Phi) is 3.48. The minimum absolute atomic E-state index is 0.230. The lowest BCUT2D eigenvalue weighted by atomic mass is 10.1. The van der Waals surface area contributed by atoms with E-state index in [1.165, 1.54) is 5.56 Å². The van der Waals surface area contributed by atoms with E-state index in [0.29, 0.717) is 5.56 Å². The van der Waals surface area contributed by atoms with Crippen molar-refractivity contribution < 1.29 is 4.74 Å². The maximum Gasteiger partial charge on any atom is 0.0991 e. The fourth-order valence-corrected chi connectivity index (χ4v) is 1.13. The zero-order valence-electron chi connectivity index (χ0n) is 7.95. The molecule has 0 aromatic heterocycles. The number of nitrogens with zero attached hydrogens (tertiary/aromatic N) is 1. The molecule has 0 heterocycles. The number of benzene rings is 1. The van der Waals surface area contributed by atoms with Crippen LogP contribution in [0.15, 0.2) is 24.3 Å². The first-order valence-electron chi connectivity index (χ1n) is 4.28. The Labute approximate surface area is 78.8 Å². The molecule has 0 fully saturated rings. The van der Waals surface area contributed by atoms with Crippen LogP contribution in [0.5, 0.6) is 0 Å². The molecule has 68 valence electrons. The summed E-state index contributed by atoms with van der Waals surface area (Å²) in [6, 6.07) is 9.69. The molecule has 0 spiro atoms. The lowest BCUT2D eigenvalue weighted by Crippen LogP contribution is -2.08. The number of rotatable bonds is 3. The third kappa shape index (κ3) is 2.89. The molecule has 1 aromatic rings. The van der Waals surface area contributed by atoms with Gasteiger partial charge < -0.3 is 4.74 Å². The Morgan fingerprint density at radius 2 is 2.00 bits per heavy atom. The second-order valence-electron chi connectivity index (χ2n) is 3.06. The Bertz CT molecular complexity index is 297. The van der Waals surface area contributed by atoms with Crippen LogP contribution >= 0.6 is 0 Å². The standard InChI is InChI=1S/C11H13NO/c1-9(13-2)7-10-3-5-11(8-12)6-4-10/h3-6,9H,7H2,1-2H3. The fraction of sp³-hybridized carbons (Fsp3) is 0.364. The van der Waals surface area contributed by atoms with E-state index < -0.39 is 0 Å². The third-order valence-electron chi connectivity index (χ3n) is 2.01. The first-order chi connectivity index (χ1) is 6.26. The van der Waals surface area contributed by atoms with Gasteiger partial charge in [-0.1, -0.05) is 12.1 Å². The smallest absolute Gasteiger partial charge is 0.0991 e. The molecule has 0 saturated heterocycles. The SMILES string of the molecule is COC(C)Cc1ccc(C#N)cc1. The summed E-state index contributed by atoms with van der Waals surface area (Å²) in [7, 11) is 1.70. The summed E-state index contributed by atoms with van der Waals surface area (Å²) in [5, 5.41) is 8.58. The number of hydrogen-bond acceptors (Lipinski definition) is 2. The van der Waals surface area contributed by atoms with Crippen molar-refractivity contribution in [1.29, 1.82) is 5.26 Å². The second-order valence-corrected chi connectivity index (χ2v) is 3.06. The first kappa shape index (κ1) is 9.76. The summed E-state index contributed by atoms with van der Waals surface area (Å²) in [6.07, 6.45) is 1.12. The van der Waals surface area contributed by atoms with E-state index in [-0.39, 0.29) is 6.10 Å². The molecule has 0 radical (unpaired) electrons. The van der Waals surface area contributed by atoms with Crippen LogP contribution in [-0.4, -0.2) is 13.2 Å². The van der Waals surface area contributed by atoms with E-state index in [1.54, 1.807) is 7.11 Å². The zero-order chi connectivity index (χ0) is 9.68. The number of nitriles is 1. The largest absolute Gasteiger partial charge is 0.381 e. The number of hydrogen-bond donors (Lipinski definition) is 0. The highest BCUT2D eigenvalue weighted by molar-refractivity contribution is 5.31. The van der Waals surface area contributed by atoms with E-state index in [1.807, 2.05) is 31.2 Å². The molecular weight excluding hydrogens is 162 g/mol. The molecule has 1 atom stereocenters. The minimum Gasteiger partial charge on any atom is -0.381 e. The fourth-order valence-electron chi connectivity index (χ4n) is 1.13. The predicted molar refractivity (Wildman–Crippen MR) is 51.3 cm³/mol. The van der Waals surface area contributed by atoms with Gasteiger partial charge in [0.2, 0.25) is 0 Å². The van der Waals surface area contributed by atoms with Crippen molar-refractivity contribution in [3.05, 3.63) is 35.4 Å². The maximum atomic E-state index is 8.58. The van der Waals surface area contributed by atoms with E-state index >= 15 is 0 Å². The van der Waals surface area contributed by atoms with Crippen molar-refractivity contribution in [2.24, 2.45) is 0 Å². The third-order valence-corrected chi connectivity index (χ3v) is 2.01. The van der Waals surface area contributed by atoms with Crippen LogP contribution in [0.25, 0.3) is 0 Å². The molecule has 1 unspecified atom stereocenters. The first-order valence-corrected chi connectivity index (χ1v) is 4.28. The predicted octanol–water partition coefficient (Wildman–Crippen LogP) is 2.14. The van der Waals surface area contributed by atoms with Crippen LogP contribution in [0.4, 0.5) is 0 Å². The molecule has 0 aliphatic carbocycles. The van der Waals surface area contributed by atoms with Crippen molar-refractivity contribution in [2.45, 2.75) is 19.4 Å². The summed E-state index contributed by atoms with van der Waals surface area (Å²) in [5.41, 5.74) is 1.90. The quantitative estimate of drug-likeness (QED) is 0.705. The normalized spacial score (nSPS) is 12.1. The van der Waals surface area contributed by atoms with Gasteiger partial charge in [-0.05, 0) is 31.0 Å². The van der Waals surface area contributed by atoms with Crippen molar-refractivity contribution in [2.75, 3.05) is 7.11 Å². The molecule has 0 N–H and O–H groups in total. The highest BCUT2D eigenvalue weighted by Gasteiger charge is 2.00. The number of ether oxygens (including phenoxy) is 1. The van der Waals surface area contributed by atoms with Gasteiger partial charge in [-0.25, -0.2) is 0 Å². The molecule has 1 rings (SSSR count). The van der Waals surface area contributed by atoms with Crippen LogP contribution in [0, 0.1) is 11.3 Å². The minimum atomic E-state index is 0.230. The summed E-state index contributed by atoms with van der Waals surface area (Å²) < 4.78 is 5.15. The summed E-state index contributed by atoms with van der Waals surface area (Å²) >= 11 is 0. The molecule has 1 aromatic carbocycles. The average Bonchev–Trinajstić information content (AvgIpc) is 2.19. The zero-order valence-corrected chi connectivity index (χ0v) is 7.95. The molecule has 0 amide bonds. The van der Waals surface area contributed by atoms with Crippen LogP contribution < -0.4 is 0 Å². The molecule has 0 aliphatic heterocycles. The second kappa shape index (κ2) is 4.64. The summed E-state index contributed by atoms with van der Waals surface area (Å²) in [5.74, 6) is 0. The van der Waals surface area contributed by atoms with Crippen LogP contribution in [-0.2, 0) is 11.2 Å². The Balaban J connectivity index is 2.65. The summed E-state index contributed by atoms with van der Waals surface area (Å²) in [4.78, 5) is 0. The highest BCUT2D eigenvalue weighted by atomic mass is 16.5. The van der Waals surface area contributed by atoms with Gasteiger partial charge in [0.15, 0.2) is 0 Å². The van der Waals surface area contributed by atoms with Gasteiger partial charge in [-0.3, -0.25) is 0 Å². The maximum absolute atomic E-state index is 8.58. The van der Waals surface area contributed by atoms with Crippen LogP contribution in [0.3, 0.4) is 0 Å². The van der Waals surface area contributed by atoms with E-state index in [9.17, 15) is 0 Å². The monoisotopic (exact) mass is 175 g/mol. The Morgan fingerprint density at radius 1 is 1.38 bits per heavy atom. The van der Waals surface area contributed by atoms with Gasteiger partial charge in [-0.15, -0.1) is 0 Å². The van der Waals surface area contributed by atoms with Crippen LogP contribution in [0.2, 0.25) is 0 Å². The van der Waals surface area contributed by atoms with Crippen molar-refractivity contribution in [3.8, 4) is 6.07 Å². The molecule has 2 heteroatoms. The molecule has 0 saturated carbocycles. The van der Waals surface area contributed by atoms with E-state index in [0.717, 1.165) is 6.42 Å². The van der Waals surface area contributed by atoms with Crippen molar-refractivity contribution in [3.63, 3.8) is 0 Å². The van der Waals surface area contributed by atoms with Crippen LogP contribution in [0.1, 0.15) is 18.1 Å². The summed E-state index contributed by atoms with van der Waals surface area (Å²) in [6.45, 7) is 2.03. The Hall–Kier alpha value is -1.33. The van der Waals surface area contributed by atoms with Gasteiger partial charge in [0.05, 0.1) is 17.7 Å². The Morgan fingerprint density at radius 3 is 2.46 bits per heavy atom. The topological polar surface area (TPSA) is 33.0 Å². The van der Waals surface area contributed by atoms with E-state index in [4.69, 9.17) is 10.00 Å². The molecule has 0 aliphatic rings. The highest BCUT2D eigenvalue weighted by Crippen LogP contribution is 2.07. The average molecular weight is 175 g/mol. The molecule has 0 bridgehead atoms. The van der Waals surface area contributed by atoms with Gasteiger partial charge >= 0.3 is 0 Å². The van der Waals surface area contributed by atoms with Crippen molar-refractivity contribution in [1.82, 2.24) is 0 Å². The van der Waals surface area contributed by atoms with Gasteiger partial charge in [0.25, 0.3) is 0 Å².